The van der Waals surface area contributed by atoms with Crippen molar-refractivity contribution in [2.45, 2.75) is 13.5 Å². The van der Waals surface area contributed by atoms with Gasteiger partial charge in [-0.05, 0) is 43.3 Å². The number of nitrogens with one attached hydrogen (secondary N) is 3. The highest BCUT2D eigenvalue weighted by molar-refractivity contribution is 7.23. The number of anilines is 4. The summed E-state index contributed by atoms with van der Waals surface area (Å²) in [5, 5.41) is 9.39. The summed E-state index contributed by atoms with van der Waals surface area (Å²) in [6.45, 7) is 1.75. The van der Waals surface area contributed by atoms with E-state index in [1.165, 1.54) is 10.9 Å². The molecule has 184 valence electrons. The van der Waals surface area contributed by atoms with Crippen LogP contribution < -0.4 is 21.5 Å². The second-order valence-electron chi connectivity index (χ2n) is 8.39. The number of carbonyl (C=O) groups excluding carboxylic acids is 2. The molecule has 0 aliphatic heterocycles. The molecule has 37 heavy (non-hydrogen) atoms. The second kappa shape index (κ2) is 10.5. The van der Waals surface area contributed by atoms with Crippen LogP contribution in [0.4, 0.5) is 22.1 Å². The molecular weight excluding hydrogens is 486 g/mol. The quantitative estimate of drug-likeness (QED) is 0.272. The van der Waals surface area contributed by atoms with Gasteiger partial charge >= 0.3 is 0 Å². The second-order valence-corrected chi connectivity index (χ2v) is 9.41. The van der Waals surface area contributed by atoms with Crippen LogP contribution in [0.2, 0.25) is 0 Å². The molecule has 9 heteroatoms. The van der Waals surface area contributed by atoms with Crippen molar-refractivity contribution in [1.29, 1.82) is 0 Å². The minimum Gasteiger partial charge on any atom is -0.346 e. The number of hydrogen-bond donors (Lipinski definition) is 3. The van der Waals surface area contributed by atoms with Gasteiger partial charge in [0.15, 0.2) is 0 Å². The highest BCUT2D eigenvalue weighted by Crippen LogP contribution is 2.35. The van der Waals surface area contributed by atoms with Crippen LogP contribution in [0.15, 0.2) is 96.1 Å². The van der Waals surface area contributed by atoms with Crippen LogP contribution in [0.1, 0.15) is 15.9 Å². The Labute approximate surface area is 216 Å². The van der Waals surface area contributed by atoms with Crippen LogP contribution in [0.5, 0.6) is 0 Å². The van der Waals surface area contributed by atoms with Gasteiger partial charge in [0.1, 0.15) is 27.3 Å². The van der Waals surface area contributed by atoms with Gasteiger partial charge in [-0.2, -0.15) is 0 Å². The van der Waals surface area contributed by atoms with E-state index in [-0.39, 0.29) is 28.2 Å². The van der Waals surface area contributed by atoms with Crippen LogP contribution in [-0.2, 0) is 11.3 Å². The Balaban J connectivity index is 1.49. The largest absolute Gasteiger partial charge is 0.346 e. The van der Waals surface area contributed by atoms with Gasteiger partial charge in [0, 0.05) is 17.1 Å². The van der Waals surface area contributed by atoms with E-state index in [9.17, 15) is 14.4 Å². The van der Waals surface area contributed by atoms with Crippen LogP contribution in [0.3, 0.4) is 0 Å². The van der Waals surface area contributed by atoms with Crippen molar-refractivity contribution in [3.8, 4) is 0 Å². The van der Waals surface area contributed by atoms with Gasteiger partial charge in [-0.15, -0.1) is 11.3 Å². The lowest BCUT2D eigenvalue weighted by Gasteiger charge is -2.09. The van der Waals surface area contributed by atoms with Crippen molar-refractivity contribution in [2.24, 2.45) is 0 Å². The maximum absolute atomic E-state index is 13.4. The number of thiophene rings is 1. The van der Waals surface area contributed by atoms with Crippen molar-refractivity contribution in [1.82, 2.24) is 9.55 Å². The molecule has 3 aromatic carbocycles. The van der Waals surface area contributed by atoms with Crippen LogP contribution in [0.25, 0.3) is 10.2 Å². The summed E-state index contributed by atoms with van der Waals surface area (Å²) in [5.74, 6) is -0.744. The molecule has 2 heterocycles. The zero-order valence-corrected chi connectivity index (χ0v) is 20.7. The number of amides is 2. The lowest BCUT2D eigenvalue weighted by Crippen LogP contribution is -2.27. The Hall–Kier alpha value is -4.76. The van der Waals surface area contributed by atoms with Crippen LogP contribution in [0, 0.1) is 6.92 Å². The lowest BCUT2D eigenvalue weighted by molar-refractivity contribution is -0.116. The van der Waals surface area contributed by atoms with E-state index < -0.39 is 11.5 Å². The number of nitrogens with zero attached hydrogens (tertiary/aromatic N) is 2. The molecule has 0 aliphatic carbocycles. The molecule has 0 radical (unpaired) electrons. The summed E-state index contributed by atoms with van der Waals surface area (Å²) in [4.78, 5) is 43.7. The normalized spacial score (nSPS) is 10.7. The zero-order chi connectivity index (χ0) is 25.8. The molecule has 5 rings (SSSR count). The number of aromatic nitrogens is 2. The van der Waals surface area contributed by atoms with Gasteiger partial charge in [-0.1, -0.05) is 54.1 Å². The first-order valence-electron chi connectivity index (χ1n) is 11.5. The highest BCUT2D eigenvalue weighted by atomic mass is 32.1. The first kappa shape index (κ1) is 24.0. The Morgan fingerprint density at radius 1 is 0.838 bits per heavy atom. The van der Waals surface area contributed by atoms with E-state index in [1.807, 2.05) is 67.6 Å². The Morgan fingerprint density at radius 2 is 1.46 bits per heavy atom. The average Bonchev–Trinajstić information content (AvgIpc) is 3.27. The number of rotatable bonds is 7. The summed E-state index contributed by atoms with van der Waals surface area (Å²) in [6, 6.07) is 25.8. The van der Waals surface area contributed by atoms with E-state index >= 15 is 0 Å². The van der Waals surface area contributed by atoms with Crippen LogP contribution in [-0.4, -0.2) is 21.4 Å². The molecule has 8 nitrogen and oxygen atoms in total. The van der Waals surface area contributed by atoms with E-state index in [2.05, 4.69) is 20.9 Å². The summed E-state index contributed by atoms with van der Waals surface area (Å²) < 4.78 is 1.52. The standard InChI is InChI=1S/C28H23N5O3S/c1-18-12-14-21(15-13-18)30-22(34)16-33-17-29-24-23(26(35)31-19-8-4-2-5-9-19)27(37-25(24)28(33)36)32-20-10-6-3-7-11-20/h2-15,17,32H,16H2,1H3,(H,30,34)(H,31,35). The van der Waals surface area contributed by atoms with Crippen molar-refractivity contribution < 1.29 is 9.59 Å². The molecule has 2 amide bonds. The number of carbonyl (C=O) groups is 2. The predicted octanol–water partition coefficient (Wildman–Crippen LogP) is 5.40. The maximum Gasteiger partial charge on any atom is 0.271 e. The summed E-state index contributed by atoms with van der Waals surface area (Å²) in [5.41, 5.74) is 3.25. The van der Waals surface area contributed by atoms with E-state index in [0.717, 1.165) is 22.6 Å². The van der Waals surface area contributed by atoms with Crippen molar-refractivity contribution in [3.63, 3.8) is 0 Å². The molecule has 0 unspecified atom stereocenters. The third-order valence-electron chi connectivity index (χ3n) is 5.60. The number of benzene rings is 3. The van der Waals surface area contributed by atoms with Gasteiger partial charge in [-0.25, -0.2) is 4.98 Å². The zero-order valence-electron chi connectivity index (χ0n) is 19.9. The van der Waals surface area contributed by atoms with E-state index in [1.54, 1.807) is 24.3 Å². The van der Waals surface area contributed by atoms with Crippen molar-refractivity contribution >= 4 is 55.4 Å². The molecule has 0 saturated carbocycles. The van der Waals surface area contributed by atoms with Crippen molar-refractivity contribution in [3.05, 3.63) is 113 Å². The molecule has 0 atom stereocenters. The number of hydrogen-bond acceptors (Lipinski definition) is 6. The van der Waals surface area contributed by atoms with Gasteiger partial charge in [-0.3, -0.25) is 19.0 Å². The summed E-state index contributed by atoms with van der Waals surface area (Å²) in [6.07, 6.45) is 1.30. The lowest BCUT2D eigenvalue weighted by atomic mass is 10.2. The Bertz CT molecular complexity index is 1630. The molecule has 5 aromatic rings. The van der Waals surface area contributed by atoms with E-state index in [4.69, 9.17) is 0 Å². The summed E-state index contributed by atoms with van der Waals surface area (Å²) in [7, 11) is 0. The third-order valence-corrected chi connectivity index (χ3v) is 6.69. The molecular formula is C28H23N5O3S. The first-order chi connectivity index (χ1) is 18.0. The third kappa shape index (κ3) is 5.41. The Kier molecular flexibility index (Phi) is 6.78. The average molecular weight is 510 g/mol. The van der Waals surface area contributed by atoms with Gasteiger partial charge in [0.05, 0.1) is 6.33 Å². The van der Waals surface area contributed by atoms with Gasteiger partial charge < -0.3 is 16.0 Å². The highest BCUT2D eigenvalue weighted by Gasteiger charge is 2.23. The molecule has 2 aromatic heterocycles. The number of aryl methyl sites for hydroxylation is 1. The van der Waals surface area contributed by atoms with E-state index in [0.29, 0.717) is 16.4 Å². The number of fused-ring (bicyclic) bond motifs is 1. The molecule has 0 bridgehead atoms. The minimum absolute atomic E-state index is 0.208. The topological polar surface area (TPSA) is 105 Å². The fraction of sp³-hybridized carbons (Fsp3) is 0.0714. The molecule has 0 fully saturated rings. The first-order valence-corrected chi connectivity index (χ1v) is 12.4. The van der Waals surface area contributed by atoms with Crippen molar-refractivity contribution in [2.75, 3.05) is 16.0 Å². The molecule has 0 saturated heterocycles. The van der Waals surface area contributed by atoms with Gasteiger partial charge in [0.25, 0.3) is 11.5 Å². The minimum atomic E-state index is -0.399. The smallest absolute Gasteiger partial charge is 0.271 e. The molecule has 3 N–H and O–H groups in total. The fourth-order valence-corrected chi connectivity index (χ4v) is 4.89. The maximum atomic E-state index is 13.4. The predicted molar refractivity (Wildman–Crippen MR) is 148 cm³/mol. The number of para-hydroxylation sites is 2. The molecule has 0 aliphatic rings. The SMILES string of the molecule is Cc1ccc(NC(=O)Cn2cnc3c(C(=O)Nc4ccccc4)c(Nc4ccccc4)sc3c2=O)cc1. The van der Waals surface area contributed by atoms with Crippen LogP contribution >= 0.6 is 11.3 Å². The molecule has 0 spiro atoms. The van der Waals surface area contributed by atoms with Gasteiger partial charge in [0.2, 0.25) is 5.91 Å². The Morgan fingerprint density at radius 3 is 2.14 bits per heavy atom. The summed E-state index contributed by atoms with van der Waals surface area (Å²) >= 11 is 1.13. The fourth-order valence-electron chi connectivity index (χ4n) is 3.77. The monoisotopic (exact) mass is 509 g/mol.